The highest BCUT2D eigenvalue weighted by Gasteiger charge is 2.17. The van der Waals surface area contributed by atoms with Crippen molar-refractivity contribution in [2.24, 2.45) is 0 Å². The van der Waals surface area contributed by atoms with Gasteiger partial charge in [0.25, 0.3) is 0 Å². The van der Waals surface area contributed by atoms with E-state index in [1.165, 1.54) is 6.07 Å². The van der Waals surface area contributed by atoms with E-state index in [9.17, 15) is 9.18 Å². The predicted molar refractivity (Wildman–Crippen MR) is 81.4 cm³/mol. The topological polar surface area (TPSA) is 49.3 Å². The molecule has 0 heterocycles. The van der Waals surface area contributed by atoms with Crippen LogP contribution in [0, 0.1) is 5.82 Å². The number of hydrogen-bond acceptors (Lipinski definition) is 3. The average Bonchev–Trinajstić information content (AvgIpc) is 2.39. The van der Waals surface area contributed by atoms with Crippen LogP contribution in [0.5, 0.6) is 0 Å². The molecule has 5 heteroatoms. The molecule has 112 valence electrons. The van der Waals surface area contributed by atoms with Crippen LogP contribution in [0.1, 0.15) is 31.2 Å². The summed E-state index contributed by atoms with van der Waals surface area (Å²) in [5, 5.41) is 11.9. The van der Waals surface area contributed by atoms with Crippen LogP contribution in [-0.4, -0.2) is 35.7 Å². The van der Waals surface area contributed by atoms with Crippen molar-refractivity contribution in [2.45, 2.75) is 31.7 Å². The molecule has 0 fully saturated rings. The molecule has 1 aromatic carbocycles. The summed E-state index contributed by atoms with van der Waals surface area (Å²) in [5.74, 6) is 0.220. The van der Waals surface area contributed by atoms with Crippen molar-refractivity contribution in [3.05, 3.63) is 35.6 Å². The number of nitrogens with one attached hydrogen (secondary N) is 1. The van der Waals surface area contributed by atoms with Gasteiger partial charge in [-0.25, -0.2) is 4.39 Å². The third kappa shape index (κ3) is 5.51. The molecule has 2 unspecified atom stereocenters. The lowest BCUT2D eigenvalue weighted by Crippen LogP contribution is -2.37. The molecular weight excluding hydrogens is 277 g/mol. The summed E-state index contributed by atoms with van der Waals surface area (Å²) >= 11 is 1.62. The highest BCUT2D eigenvalue weighted by Crippen LogP contribution is 2.21. The molecule has 0 saturated heterocycles. The zero-order valence-electron chi connectivity index (χ0n) is 11.9. The van der Waals surface area contributed by atoms with E-state index in [0.29, 0.717) is 12.0 Å². The number of aliphatic hydroxyl groups is 1. The Morgan fingerprint density at radius 1 is 1.45 bits per heavy atom. The lowest BCUT2D eigenvalue weighted by Gasteiger charge is -2.18. The minimum atomic E-state index is -0.274. The molecule has 20 heavy (non-hydrogen) atoms. The van der Waals surface area contributed by atoms with Gasteiger partial charge < -0.3 is 10.4 Å². The van der Waals surface area contributed by atoms with Crippen LogP contribution in [0.15, 0.2) is 24.3 Å². The van der Waals surface area contributed by atoms with E-state index in [2.05, 4.69) is 5.32 Å². The van der Waals surface area contributed by atoms with Crippen molar-refractivity contribution in [1.29, 1.82) is 0 Å². The van der Waals surface area contributed by atoms with Crippen LogP contribution in [0.4, 0.5) is 4.39 Å². The number of thioether (sulfide) groups is 1. The summed E-state index contributed by atoms with van der Waals surface area (Å²) in [6.07, 6.45) is 2.75. The van der Waals surface area contributed by atoms with Gasteiger partial charge in [0.1, 0.15) is 5.82 Å². The molecule has 0 aliphatic heterocycles. The van der Waals surface area contributed by atoms with E-state index in [0.717, 1.165) is 5.75 Å². The standard InChI is InChI=1S/C15H22FNO2S/c1-11(13-5-3-4-6-14(13)16)9-15(19)17-12(7-8-18)10-20-2/h3-6,11-12,18H,7-10H2,1-2H3,(H,17,19). The van der Waals surface area contributed by atoms with Crippen molar-refractivity contribution in [3.8, 4) is 0 Å². The van der Waals surface area contributed by atoms with Crippen molar-refractivity contribution in [2.75, 3.05) is 18.6 Å². The first-order chi connectivity index (χ1) is 9.58. The van der Waals surface area contributed by atoms with E-state index in [4.69, 9.17) is 5.11 Å². The number of aliphatic hydroxyl groups excluding tert-OH is 1. The molecule has 1 aromatic rings. The fourth-order valence-corrected chi connectivity index (χ4v) is 2.76. The first kappa shape index (κ1) is 17.0. The maximum absolute atomic E-state index is 13.6. The minimum absolute atomic E-state index is 0.0321. The molecule has 3 nitrogen and oxygen atoms in total. The molecule has 1 rings (SSSR count). The highest BCUT2D eigenvalue weighted by atomic mass is 32.2. The van der Waals surface area contributed by atoms with Gasteiger partial charge in [0.05, 0.1) is 0 Å². The Bertz CT molecular complexity index is 422. The molecule has 2 N–H and O–H groups in total. The van der Waals surface area contributed by atoms with Crippen LogP contribution < -0.4 is 5.32 Å². The Kier molecular flexibility index (Phi) is 7.62. The van der Waals surface area contributed by atoms with E-state index < -0.39 is 0 Å². The van der Waals surface area contributed by atoms with E-state index in [-0.39, 0.29) is 36.7 Å². The third-order valence-electron chi connectivity index (χ3n) is 3.14. The number of halogens is 1. The highest BCUT2D eigenvalue weighted by molar-refractivity contribution is 7.98. The van der Waals surface area contributed by atoms with Gasteiger partial charge in [-0.05, 0) is 30.2 Å². The summed E-state index contributed by atoms with van der Waals surface area (Å²) in [7, 11) is 0. The Hall–Kier alpha value is -1.07. The molecule has 0 radical (unpaired) electrons. The number of hydrogen-bond donors (Lipinski definition) is 2. The van der Waals surface area contributed by atoms with E-state index in [1.54, 1.807) is 30.0 Å². The Morgan fingerprint density at radius 3 is 2.75 bits per heavy atom. The lowest BCUT2D eigenvalue weighted by atomic mass is 9.97. The molecular formula is C15H22FNO2S. The van der Waals surface area contributed by atoms with Crippen LogP contribution >= 0.6 is 11.8 Å². The second-order valence-electron chi connectivity index (χ2n) is 4.86. The van der Waals surface area contributed by atoms with Gasteiger partial charge in [-0.15, -0.1) is 0 Å². The quantitative estimate of drug-likeness (QED) is 0.775. The monoisotopic (exact) mass is 299 g/mol. The van der Waals surface area contributed by atoms with E-state index in [1.807, 2.05) is 13.2 Å². The SMILES string of the molecule is CSCC(CCO)NC(=O)CC(C)c1ccccc1F. The van der Waals surface area contributed by atoms with Crippen molar-refractivity contribution < 1.29 is 14.3 Å². The van der Waals surface area contributed by atoms with Crippen LogP contribution in [0.3, 0.4) is 0 Å². The number of benzene rings is 1. The van der Waals surface area contributed by atoms with Crippen LogP contribution in [0.2, 0.25) is 0 Å². The smallest absolute Gasteiger partial charge is 0.220 e. The summed E-state index contributed by atoms with van der Waals surface area (Å²) < 4.78 is 13.6. The number of carbonyl (C=O) groups excluding carboxylic acids is 1. The molecule has 0 aliphatic carbocycles. The molecule has 2 atom stereocenters. The largest absolute Gasteiger partial charge is 0.396 e. The maximum atomic E-state index is 13.6. The zero-order valence-corrected chi connectivity index (χ0v) is 12.8. The summed E-state index contributed by atoms with van der Waals surface area (Å²) in [5.41, 5.74) is 0.561. The Balaban J connectivity index is 2.54. The molecule has 0 aromatic heterocycles. The average molecular weight is 299 g/mol. The summed E-state index contributed by atoms with van der Waals surface area (Å²) in [6, 6.07) is 6.50. The molecule has 1 amide bonds. The zero-order chi connectivity index (χ0) is 15.0. The van der Waals surface area contributed by atoms with Crippen molar-refractivity contribution >= 4 is 17.7 Å². The summed E-state index contributed by atoms with van der Waals surface area (Å²) in [4.78, 5) is 12.0. The van der Waals surface area contributed by atoms with Gasteiger partial charge in [-0.3, -0.25) is 4.79 Å². The van der Waals surface area contributed by atoms with Gasteiger partial charge in [0.2, 0.25) is 5.91 Å². The second-order valence-corrected chi connectivity index (χ2v) is 5.77. The predicted octanol–water partition coefficient (Wildman–Crippen LogP) is 2.55. The van der Waals surface area contributed by atoms with Gasteiger partial charge in [-0.1, -0.05) is 25.1 Å². The van der Waals surface area contributed by atoms with Crippen molar-refractivity contribution in [1.82, 2.24) is 5.32 Å². The lowest BCUT2D eigenvalue weighted by molar-refractivity contribution is -0.122. The third-order valence-corrected chi connectivity index (χ3v) is 3.87. The van der Waals surface area contributed by atoms with Crippen molar-refractivity contribution in [3.63, 3.8) is 0 Å². The molecule has 0 saturated carbocycles. The first-order valence-electron chi connectivity index (χ1n) is 6.72. The molecule has 0 spiro atoms. The molecule has 0 bridgehead atoms. The van der Waals surface area contributed by atoms with Gasteiger partial charge in [0.15, 0.2) is 0 Å². The van der Waals surface area contributed by atoms with Gasteiger partial charge in [-0.2, -0.15) is 11.8 Å². The second kappa shape index (κ2) is 8.97. The Labute approximate surface area is 124 Å². The first-order valence-corrected chi connectivity index (χ1v) is 8.11. The maximum Gasteiger partial charge on any atom is 0.220 e. The fourth-order valence-electron chi connectivity index (χ4n) is 2.10. The van der Waals surface area contributed by atoms with Gasteiger partial charge >= 0.3 is 0 Å². The normalized spacial score (nSPS) is 13.8. The number of carbonyl (C=O) groups is 1. The summed E-state index contributed by atoms with van der Waals surface area (Å²) in [6.45, 7) is 1.89. The van der Waals surface area contributed by atoms with Gasteiger partial charge in [0, 0.05) is 24.8 Å². The van der Waals surface area contributed by atoms with Crippen LogP contribution in [0.25, 0.3) is 0 Å². The number of rotatable bonds is 8. The van der Waals surface area contributed by atoms with E-state index >= 15 is 0 Å². The minimum Gasteiger partial charge on any atom is -0.396 e. The fraction of sp³-hybridized carbons (Fsp3) is 0.533. The van der Waals surface area contributed by atoms with Crippen LogP contribution in [-0.2, 0) is 4.79 Å². The number of amides is 1. The molecule has 0 aliphatic rings. The Morgan fingerprint density at radius 2 is 2.15 bits per heavy atom.